The molecule has 0 bridgehead atoms. The molecule has 0 spiro atoms. The average molecular weight is 259 g/mol. The normalized spacial score (nSPS) is 12.6. The van der Waals surface area contributed by atoms with Gasteiger partial charge in [0, 0.05) is 12.1 Å². The fourth-order valence-corrected chi connectivity index (χ4v) is 2.11. The van der Waals surface area contributed by atoms with Crippen LogP contribution in [-0.4, -0.2) is 32.5 Å². The van der Waals surface area contributed by atoms with Crippen LogP contribution in [0.25, 0.3) is 0 Å². The minimum atomic E-state index is -2.35. The lowest BCUT2D eigenvalue weighted by Gasteiger charge is -2.20. The molecular weight excluding hydrogens is 245 g/mol. The number of carbonyl (C=O) groups is 1. The number of aromatic hydroxyl groups is 1. The van der Waals surface area contributed by atoms with Gasteiger partial charge in [0.05, 0.1) is 6.42 Å². The maximum atomic E-state index is 10.3. The lowest BCUT2D eigenvalue weighted by atomic mass is 10.2. The van der Waals surface area contributed by atoms with Gasteiger partial charge in [-0.25, -0.2) is 0 Å². The number of carboxylic acids is 1. The van der Waals surface area contributed by atoms with E-state index in [1.54, 1.807) is 18.2 Å². The predicted octanol–water partition coefficient (Wildman–Crippen LogP) is 0.752. The first kappa shape index (κ1) is 13.9. The molecule has 0 saturated carbocycles. The number of aliphatic carboxylic acids is 1. The molecule has 1 aromatic carbocycles. The zero-order valence-corrected chi connectivity index (χ0v) is 9.84. The average Bonchev–Trinajstić information content (AvgIpc) is 2.25. The van der Waals surface area contributed by atoms with Crippen LogP contribution >= 0.6 is 8.38 Å². The molecule has 1 unspecified atom stereocenters. The second-order valence-electron chi connectivity index (χ2n) is 3.38. The first-order chi connectivity index (χ1) is 8.02. The monoisotopic (exact) mass is 259 g/mol. The van der Waals surface area contributed by atoms with Crippen LogP contribution in [0.1, 0.15) is 17.8 Å². The Balaban J connectivity index is 2.73. The molecule has 1 rings (SSSR count). The van der Waals surface area contributed by atoms with Gasteiger partial charge in [0.2, 0.25) is 0 Å². The van der Waals surface area contributed by atoms with Crippen LogP contribution < -0.4 is 5.32 Å². The lowest BCUT2D eigenvalue weighted by molar-refractivity contribution is -0.136. The molecule has 0 fully saturated rings. The van der Waals surface area contributed by atoms with Crippen LogP contribution in [0, 0.1) is 0 Å². The summed E-state index contributed by atoms with van der Waals surface area (Å²) in [6.07, 6.45) is -0.132. The lowest BCUT2D eigenvalue weighted by Crippen LogP contribution is -2.23. The summed E-state index contributed by atoms with van der Waals surface area (Å²) >= 11 is 0. The van der Waals surface area contributed by atoms with Gasteiger partial charge >= 0.3 is 5.97 Å². The second-order valence-corrected chi connectivity index (χ2v) is 4.54. The molecule has 0 saturated heterocycles. The van der Waals surface area contributed by atoms with Gasteiger partial charge in [-0.3, -0.25) is 4.79 Å². The Morgan fingerprint density at radius 3 is 2.53 bits per heavy atom. The fraction of sp³-hybridized carbons (Fsp3) is 0.300. The van der Waals surface area contributed by atoms with E-state index >= 15 is 0 Å². The van der Waals surface area contributed by atoms with E-state index in [-0.39, 0.29) is 18.7 Å². The van der Waals surface area contributed by atoms with E-state index in [9.17, 15) is 19.7 Å². The standard InChI is InChI=1S/C10H14NO5P/c12-8-4-2-1-3-7(8)10(17(15)16)11-6-5-9(13)14/h1-4,10-12,15-16H,5-6H2,(H,13,14). The van der Waals surface area contributed by atoms with Gasteiger partial charge in [0.25, 0.3) is 0 Å². The molecular formula is C10H14NO5P. The van der Waals surface area contributed by atoms with Gasteiger partial charge in [0.1, 0.15) is 11.5 Å². The maximum absolute atomic E-state index is 10.3. The maximum Gasteiger partial charge on any atom is 0.304 e. The largest absolute Gasteiger partial charge is 0.508 e. The van der Waals surface area contributed by atoms with Crippen LogP contribution in [0.4, 0.5) is 0 Å². The van der Waals surface area contributed by atoms with Crippen molar-refractivity contribution < 1.29 is 24.8 Å². The molecule has 7 heteroatoms. The zero-order chi connectivity index (χ0) is 12.8. The van der Waals surface area contributed by atoms with Crippen molar-refractivity contribution >= 4 is 14.3 Å². The summed E-state index contributed by atoms with van der Waals surface area (Å²) in [5, 5.41) is 20.7. The number of nitrogens with one attached hydrogen (secondary N) is 1. The highest BCUT2D eigenvalue weighted by atomic mass is 31.2. The van der Waals surface area contributed by atoms with Gasteiger partial charge in [-0.2, -0.15) is 0 Å². The highest BCUT2D eigenvalue weighted by Gasteiger charge is 2.22. The quantitative estimate of drug-likeness (QED) is 0.482. The summed E-state index contributed by atoms with van der Waals surface area (Å²) in [4.78, 5) is 28.9. The minimum absolute atomic E-state index is 0.0593. The van der Waals surface area contributed by atoms with Crippen molar-refractivity contribution in [1.82, 2.24) is 5.32 Å². The first-order valence-corrected chi connectivity index (χ1v) is 6.24. The number of rotatable bonds is 6. The minimum Gasteiger partial charge on any atom is -0.508 e. The molecule has 0 amide bonds. The van der Waals surface area contributed by atoms with Crippen molar-refractivity contribution in [3.8, 4) is 5.75 Å². The first-order valence-electron chi connectivity index (χ1n) is 4.92. The van der Waals surface area contributed by atoms with Crippen molar-refractivity contribution in [3.63, 3.8) is 0 Å². The molecule has 0 heterocycles. The summed E-state index contributed by atoms with van der Waals surface area (Å²) in [6.45, 7) is 0.0916. The number of carboxylic acid groups (broad SMARTS) is 1. The Kier molecular flexibility index (Phi) is 5.31. The highest BCUT2D eigenvalue weighted by molar-refractivity contribution is 7.45. The van der Waals surface area contributed by atoms with E-state index in [1.165, 1.54) is 6.07 Å². The summed E-state index contributed by atoms with van der Waals surface area (Å²) in [5.74, 6) is -1.89. The summed E-state index contributed by atoms with van der Waals surface area (Å²) < 4.78 is 0. The molecule has 0 aromatic heterocycles. The summed E-state index contributed by atoms with van der Waals surface area (Å²) in [7, 11) is -2.35. The molecule has 0 aliphatic rings. The molecule has 0 aliphatic carbocycles. The molecule has 5 N–H and O–H groups in total. The number of phenolic OH excluding ortho intramolecular Hbond substituents is 1. The summed E-state index contributed by atoms with van der Waals surface area (Å²) in [5.41, 5.74) is 0.342. The van der Waals surface area contributed by atoms with E-state index < -0.39 is 20.1 Å². The molecule has 1 atom stereocenters. The molecule has 17 heavy (non-hydrogen) atoms. The smallest absolute Gasteiger partial charge is 0.304 e. The van der Waals surface area contributed by atoms with Gasteiger partial charge in [0.15, 0.2) is 8.38 Å². The Morgan fingerprint density at radius 1 is 1.35 bits per heavy atom. The molecule has 0 radical (unpaired) electrons. The SMILES string of the molecule is O=C(O)CCNC(c1ccccc1O)P(O)O. The van der Waals surface area contributed by atoms with Crippen LogP contribution in [-0.2, 0) is 4.79 Å². The Bertz CT molecular complexity index is 385. The van der Waals surface area contributed by atoms with Gasteiger partial charge in [-0.05, 0) is 6.07 Å². The third-order valence-electron chi connectivity index (χ3n) is 2.14. The van der Waals surface area contributed by atoms with Crippen molar-refractivity contribution in [1.29, 1.82) is 0 Å². The van der Waals surface area contributed by atoms with Crippen molar-refractivity contribution in [2.24, 2.45) is 0 Å². The number of benzene rings is 1. The molecule has 1 aromatic rings. The number of hydrogen-bond donors (Lipinski definition) is 5. The fourth-order valence-electron chi connectivity index (χ4n) is 1.35. The number of para-hydroxylation sites is 1. The van der Waals surface area contributed by atoms with Crippen molar-refractivity contribution in [3.05, 3.63) is 29.8 Å². The predicted molar refractivity (Wildman–Crippen MR) is 62.5 cm³/mol. The number of hydrogen-bond acceptors (Lipinski definition) is 5. The third kappa shape index (κ3) is 4.28. The zero-order valence-electron chi connectivity index (χ0n) is 8.95. The van der Waals surface area contributed by atoms with E-state index in [0.717, 1.165) is 0 Å². The van der Waals surface area contributed by atoms with E-state index in [2.05, 4.69) is 5.32 Å². The molecule has 94 valence electrons. The molecule has 0 aliphatic heterocycles. The highest BCUT2D eigenvalue weighted by Crippen LogP contribution is 2.44. The van der Waals surface area contributed by atoms with Crippen molar-refractivity contribution in [2.45, 2.75) is 12.2 Å². The van der Waals surface area contributed by atoms with Crippen LogP contribution in [0.2, 0.25) is 0 Å². The Labute approximate surface area is 99.5 Å². The van der Waals surface area contributed by atoms with Crippen LogP contribution in [0.3, 0.4) is 0 Å². The second kappa shape index (κ2) is 6.51. The van der Waals surface area contributed by atoms with Crippen LogP contribution in [0.15, 0.2) is 24.3 Å². The van der Waals surface area contributed by atoms with E-state index in [1.807, 2.05) is 0 Å². The Hall–Kier alpha value is -1.20. The summed E-state index contributed by atoms with van der Waals surface area (Å²) in [6, 6.07) is 6.25. The van der Waals surface area contributed by atoms with Crippen LogP contribution in [0.5, 0.6) is 5.75 Å². The van der Waals surface area contributed by atoms with Gasteiger partial charge < -0.3 is 25.3 Å². The third-order valence-corrected chi connectivity index (χ3v) is 3.06. The van der Waals surface area contributed by atoms with Gasteiger partial charge in [-0.15, -0.1) is 0 Å². The van der Waals surface area contributed by atoms with Gasteiger partial charge in [-0.1, -0.05) is 18.2 Å². The van der Waals surface area contributed by atoms with E-state index in [4.69, 9.17) is 5.11 Å². The number of phenols is 1. The molecule has 6 nitrogen and oxygen atoms in total. The Morgan fingerprint density at radius 2 is 2.00 bits per heavy atom. The topological polar surface area (TPSA) is 110 Å². The van der Waals surface area contributed by atoms with E-state index in [0.29, 0.717) is 5.56 Å². The van der Waals surface area contributed by atoms with Crippen molar-refractivity contribution in [2.75, 3.05) is 6.54 Å².